The van der Waals surface area contributed by atoms with Gasteiger partial charge in [0.2, 0.25) is 10.0 Å². The lowest BCUT2D eigenvalue weighted by atomic mass is 10.2. The summed E-state index contributed by atoms with van der Waals surface area (Å²) in [6, 6.07) is 5.90. The highest BCUT2D eigenvalue weighted by atomic mass is 32.2. The summed E-state index contributed by atoms with van der Waals surface area (Å²) >= 11 is 0. The van der Waals surface area contributed by atoms with Gasteiger partial charge in [0.1, 0.15) is 4.90 Å². The second-order valence-electron chi connectivity index (χ2n) is 5.59. The molecule has 0 spiro atoms. The van der Waals surface area contributed by atoms with Crippen LogP contribution in [0.1, 0.15) is 19.8 Å². The van der Waals surface area contributed by atoms with Crippen LogP contribution in [0, 0.1) is 0 Å². The van der Waals surface area contributed by atoms with Gasteiger partial charge in [0.25, 0.3) is 0 Å². The summed E-state index contributed by atoms with van der Waals surface area (Å²) in [5.74, 6) is 0. The highest BCUT2D eigenvalue weighted by molar-refractivity contribution is 7.89. The quantitative estimate of drug-likeness (QED) is 0.656. The molecule has 2 rings (SSSR count). The van der Waals surface area contributed by atoms with Crippen molar-refractivity contribution in [2.45, 2.75) is 36.7 Å². The summed E-state index contributed by atoms with van der Waals surface area (Å²) < 4.78 is 26.4. The first-order valence-corrected chi connectivity index (χ1v) is 8.62. The van der Waals surface area contributed by atoms with Crippen LogP contribution in [0.3, 0.4) is 0 Å². The molecule has 0 aromatic heterocycles. The van der Waals surface area contributed by atoms with Gasteiger partial charge in [-0.1, -0.05) is 0 Å². The molecule has 1 aromatic rings. The molecule has 0 saturated heterocycles. The molecule has 21 heavy (non-hydrogen) atoms. The number of nitrogens with one attached hydrogen (secondary N) is 2. The van der Waals surface area contributed by atoms with Crippen LogP contribution in [0.5, 0.6) is 0 Å². The van der Waals surface area contributed by atoms with E-state index in [1.54, 1.807) is 12.1 Å². The molecule has 6 nitrogen and oxygen atoms in total. The van der Waals surface area contributed by atoms with Crippen LogP contribution < -0.4 is 15.8 Å². The first-order valence-electron chi connectivity index (χ1n) is 7.14. The van der Waals surface area contributed by atoms with E-state index in [0.717, 1.165) is 0 Å². The molecule has 118 valence electrons. The zero-order valence-electron chi connectivity index (χ0n) is 12.8. The number of likely N-dealkylation sites (N-methyl/N-ethyl adjacent to an activating group) is 1. The molecule has 1 aliphatic rings. The molecule has 1 aliphatic carbocycles. The third kappa shape index (κ3) is 3.87. The molecule has 4 N–H and O–H groups in total. The number of anilines is 2. The van der Waals surface area contributed by atoms with Crippen molar-refractivity contribution in [3.63, 3.8) is 0 Å². The third-order valence-corrected chi connectivity index (χ3v) is 5.42. The van der Waals surface area contributed by atoms with E-state index in [0.29, 0.717) is 30.0 Å². The van der Waals surface area contributed by atoms with E-state index in [-0.39, 0.29) is 4.90 Å². The predicted octanol–water partition coefficient (Wildman–Crippen LogP) is 1.07. The average Bonchev–Trinajstić information content (AvgIpc) is 3.29. The lowest BCUT2D eigenvalue weighted by molar-refractivity contribution is 0.257. The van der Waals surface area contributed by atoms with Gasteiger partial charge in [-0.15, -0.1) is 0 Å². The van der Waals surface area contributed by atoms with Crippen molar-refractivity contribution in [3.8, 4) is 0 Å². The second-order valence-corrected chi connectivity index (χ2v) is 7.44. The van der Waals surface area contributed by atoms with Gasteiger partial charge in [-0.2, -0.15) is 0 Å². The van der Waals surface area contributed by atoms with Crippen LogP contribution in [0.15, 0.2) is 23.1 Å². The van der Waals surface area contributed by atoms with Crippen LogP contribution in [0.2, 0.25) is 0 Å². The maximum Gasteiger partial charge on any atom is 0.242 e. The minimum absolute atomic E-state index is 0.186. The minimum atomic E-state index is -3.53. The summed E-state index contributed by atoms with van der Waals surface area (Å²) in [5.41, 5.74) is 6.71. The van der Waals surface area contributed by atoms with Gasteiger partial charge in [-0.25, -0.2) is 13.1 Å². The van der Waals surface area contributed by atoms with Crippen LogP contribution in [0.25, 0.3) is 0 Å². The van der Waals surface area contributed by atoms with Gasteiger partial charge >= 0.3 is 0 Å². The van der Waals surface area contributed by atoms with Gasteiger partial charge in [-0.05, 0) is 52.1 Å². The molecule has 7 heteroatoms. The number of benzene rings is 1. The smallest absolute Gasteiger partial charge is 0.242 e. The zero-order valence-corrected chi connectivity index (χ0v) is 13.6. The fraction of sp³-hybridized carbons (Fsp3) is 0.571. The Kier molecular flexibility index (Phi) is 4.75. The molecular formula is C14H24N4O2S. The molecule has 0 radical (unpaired) electrons. The van der Waals surface area contributed by atoms with Crippen molar-refractivity contribution < 1.29 is 8.42 Å². The van der Waals surface area contributed by atoms with E-state index >= 15 is 0 Å². The number of nitrogens with two attached hydrogens (primary N) is 1. The SMILES string of the molecule is CNS(=O)(=O)c1cc(N)ccc1NCC(C)N(C)C1CC1. The minimum Gasteiger partial charge on any atom is -0.399 e. The molecule has 0 amide bonds. The van der Waals surface area contributed by atoms with Crippen molar-refractivity contribution in [1.82, 2.24) is 9.62 Å². The first-order chi connectivity index (χ1) is 9.85. The van der Waals surface area contributed by atoms with Gasteiger partial charge in [0, 0.05) is 24.3 Å². The molecule has 0 bridgehead atoms. The third-order valence-electron chi connectivity index (χ3n) is 3.97. The van der Waals surface area contributed by atoms with Gasteiger partial charge in [0.05, 0.1) is 5.69 Å². The number of rotatable bonds is 7. The van der Waals surface area contributed by atoms with Crippen molar-refractivity contribution in [3.05, 3.63) is 18.2 Å². The molecular weight excluding hydrogens is 288 g/mol. The molecule has 0 heterocycles. The average molecular weight is 312 g/mol. The summed E-state index contributed by atoms with van der Waals surface area (Å²) in [7, 11) is -0.0256. The fourth-order valence-corrected chi connectivity index (χ4v) is 3.20. The van der Waals surface area contributed by atoms with E-state index in [1.165, 1.54) is 26.0 Å². The molecule has 1 atom stereocenters. The van der Waals surface area contributed by atoms with E-state index in [9.17, 15) is 8.42 Å². The van der Waals surface area contributed by atoms with E-state index in [2.05, 4.69) is 28.9 Å². The Morgan fingerprint density at radius 3 is 2.67 bits per heavy atom. The zero-order chi connectivity index (χ0) is 15.6. The number of nitrogens with zero attached hydrogens (tertiary/aromatic N) is 1. The second kappa shape index (κ2) is 6.21. The summed E-state index contributed by atoms with van der Waals surface area (Å²) in [6.07, 6.45) is 2.50. The van der Waals surface area contributed by atoms with E-state index in [1.807, 2.05) is 0 Å². The van der Waals surface area contributed by atoms with Crippen molar-refractivity contribution >= 4 is 21.4 Å². The van der Waals surface area contributed by atoms with Crippen molar-refractivity contribution in [2.75, 3.05) is 31.7 Å². The highest BCUT2D eigenvalue weighted by Gasteiger charge is 2.29. The standard InChI is InChI=1S/C14H24N4O2S/c1-10(18(3)12-5-6-12)9-17-13-7-4-11(15)8-14(13)21(19,20)16-2/h4,7-8,10,12,16-17H,5-6,9,15H2,1-3H3. The summed E-state index contributed by atoms with van der Waals surface area (Å²) in [4.78, 5) is 2.52. The maximum atomic E-state index is 12.1. The lowest BCUT2D eigenvalue weighted by Crippen LogP contribution is -2.36. The largest absolute Gasteiger partial charge is 0.399 e. The Bertz CT molecular complexity index is 599. The Hall–Kier alpha value is -1.31. The van der Waals surface area contributed by atoms with Gasteiger partial charge in [0.15, 0.2) is 0 Å². The Morgan fingerprint density at radius 1 is 1.43 bits per heavy atom. The normalized spacial score (nSPS) is 17.0. The first kappa shape index (κ1) is 16.1. The molecule has 0 aliphatic heterocycles. The number of nitrogen functional groups attached to an aromatic ring is 1. The Labute approximate surface area is 126 Å². The predicted molar refractivity (Wildman–Crippen MR) is 85.8 cm³/mol. The Balaban J connectivity index is 2.12. The van der Waals surface area contributed by atoms with Crippen LogP contribution in [-0.2, 0) is 10.0 Å². The van der Waals surface area contributed by atoms with Crippen LogP contribution in [0.4, 0.5) is 11.4 Å². The fourth-order valence-electron chi connectivity index (χ4n) is 2.26. The van der Waals surface area contributed by atoms with Crippen molar-refractivity contribution in [1.29, 1.82) is 0 Å². The molecule has 1 saturated carbocycles. The van der Waals surface area contributed by atoms with E-state index < -0.39 is 10.0 Å². The van der Waals surface area contributed by atoms with Crippen LogP contribution >= 0.6 is 0 Å². The summed E-state index contributed by atoms with van der Waals surface area (Å²) in [5, 5.41) is 3.23. The Morgan fingerprint density at radius 2 is 2.10 bits per heavy atom. The number of hydrogen-bond donors (Lipinski definition) is 3. The molecule has 1 fully saturated rings. The lowest BCUT2D eigenvalue weighted by Gasteiger charge is -2.25. The topological polar surface area (TPSA) is 87.5 Å². The summed E-state index contributed by atoms with van der Waals surface area (Å²) in [6.45, 7) is 2.82. The number of sulfonamides is 1. The molecule has 1 unspecified atom stereocenters. The maximum absolute atomic E-state index is 12.1. The van der Waals surface area contributed by atoms with Gasteiger partial charge in [-0.3, -0.25) is 4.90 Å². The highest BCUT2D eigenvalue weighted by Crippen LogP contribution is 2.28. The van der Waals surface area contributed by atoms with Crippen molar-refractivity contribution in [2.24, 2.45) is 0 Å². The monoisotopic (exact) mass is 312 g/mol. The van der Waals surface area contributed by atoms with Crippen LogP contribution in [-0.4, -0.2) is 46.0 Å². The molecule has 1 aromatic carbocycles. The number of hydrogen-bond acceptors (Lipinski definition) is 5. The van der Waals surface area contributed by atoms with E-state index in [4.69, 9.17) is 5.73 Å². The van der Waals surface area contributed by atoms with Gasteiger partial charge < -0.3 is 11.1 Å².